The maximum Gasteiger partial charge on any atom is 0.265 e. The van der Waals surface area contributed by atoms with Crippen LogP contribution in [0.15, 0.2) is 45.6 Å². The third-order valence-corrected chi connectivity index (χ3v) is 5.72. The van der Waals surface area contributed by atoms with Crippen molar-refractivity contribution in [1.29, 1.82) is 0 Å². The maximum atomic E-state index is 13.0. The Kier molecular flexibility index (Phi) is 4.91. The zero-order valence-electron chi connectivity index (χ0n) is 15.7. The molecule has 150 valence electrons. The number of benzene rings is 1. The summed E-state index contributed by atoms with van der Waals surface area (Å²) < 4.78 is 16.9. The summed E-state index contributed by atoms with van der Waals surface area (Å²) in [6.45, 7) is 3.13. The van der Waals surface area contributed by atoms with Gasteiger partial charge in [0.05, 0.1) is 32.0 Å². The standard InChI is InChI=1S/C20H20N4O4S/c25-20(23-6-8-26-9-7-23)17-11-24(15-3-1-2-4-16(15)27-17)12-18-21-19(22-28-18)14-5-10-29-13-14/h1-5,10,13,17H,6-9,11-12H2. The van der Waals surface area contributed by atoms with E-state index in [1.807, 2.05) is 46.0 Å². The minimum atomic E-state index is -0.581. The lowest BCUT2D eigenvalue weighted by atomic mass is 10.1. The van der Waals surface area contributed by atoms with Crippen molar-refractivity contribution in [3.63, 3.8) is 0 Å². The van der Waals surface area contributed by atoms with Gasteiger partial charge in [-0.3, -0.25) is 4.79 Å². The zero-order valence-corrected chi connectivity index (χ0v) is 16.5. The number of thiophene rings is 1. The molecule has 9 heteroatoms. The number of carbonyl (C=O) groups excluding carboxylic acids is 1. The van der Waals surface area contributed by atoms with Gasteiger partial charge in [-0.25, -0.2) is 0 Å². The topological polar surface area (TPSA) is 80.9 Å². The molecule has 2 aliphatic heterocycles. The highest BCUT2D eigenvalue weighted by Crippen LogP contribution is 2.34. The quantitative estimate of drug-likeness (QED) is 0.651. The summed E-state index contributed by atoms with van der Waals surface area (Å²) in [6.07, 6.45) is -0.581. The fourth-order valence-electron chi connectivity index (χ4n) is 3.56. The molecular formula is C20H20N4O4S. The van der Waals surface area contributed by atoms with Crippen LogP contribution in [-0.2, 0) is 16.1 Å². The molecule has 0 radical (unpaired) electrons. The van der Waals surface area contributed by atoms with Crippen molar-refractivity contribution in [3.05, 3.63) is 47.0 Å². The van der Waals surface area contributed by atoms with Gasteiger partial charge in [-0.15, -0.1) is 0 Å². The molecule has 29 heavy (non-hydrogen) atoms. The van der Waals surface area contributed by atoms with Gasteiger partial charge in [-0.05, 0) is 23.6 Å². The van der Waals surface area contributed by atoms with Crippen LogP contribution in [-0.4, -0.2) is 59.9 Å². The fourth-order valence-corrected chi connectivity index (χ4v) is 4.20. The Morgan fingerprint density at radius 1 is 1.21 bits per heavy atom. The first-order chi connectivity index (χ1) is 14.3. The first-order valence-electron chi connectivity index (χ1n) is 9.50. The van der Waals surface area contributed by atoms with Gasteiger partial charge in [0, 0.05) is 24.0 Å². The maximum absolute atomic E-state index is 13.0. The number of ether oxygens (including phenoxy) is 2. The number of para-hydroxylation sites is 2. The lowest BCUT2D eigenvalue weighted by Gasteiger charge is -2.37. The average Bonchev–Trinajstić information content (AvgIpc) is 3.46. The Bertz CT molecular complexity index is 984. The van der Waals surface area contributed by atoms with E-state index in [1.165, 1.54) is 0 Å². The first-order valence-corrected chi connectivity index (χ1v) is 10.4. The molecule has 1 atom stereocenters. The summed E-state index contributed by atoms with van der Waals surface area (Å²) in [4.78, 5) is 21.4. The van der Waals surface area contributed by atoms with E-state index in [0.29, 0.717) is 56.9 Å². The molecule has 1 unspecified atom stereocenters. The van der Waals surface area contributed by atoms with Crippen LogP contribution in [0.1, 0.15) is 5.89 Å². The molecule has 1 aromatic carbocycles. The van der Waals surface area contributed by atoms with Crippen molar-refractivity contribution in [1.82, 2.24) is 15.0 Å². The highest BCUT2D eigenvalue weighted by Gasteiger charge is 2.34. The number of aromatic nitrogens is 2. The lowest BCUT2D eigenvalue weighted by Crippen LogP contribution is -2.52. The van der Waals surface area contributed by atoms with Crippen molar-refractivity contribution in [3.8, 4) is 17.1 Å². The van der Waals surface area contributed by atoms with Crippen LogP contribution in [0.25, 0.3) is 11.4 Å². The summed E-state index contributed by atoms with van der Waals surface area (Å²) in [7, 11) is 0. The second kappa shape index (κ2) is 7.84. The fraction of sp³-hybridized carbons (Fsp3) is 0.350. The van der Waals surface area contributed by atoms with Crippen molar-refractivity contribution in [2.24, 2.45) is 0 Å². The third-order valence-electron chi connectivity index (χ3n) is 5.03. The van der Waals surface area contributed by atoms with Crippen molar-refractivity contribution in [2.45, 2.75) is 12.6 Å². The lowest BCUT2D eigenvalue weighted by molar-refractivity contribution is -0.142. The molecule has 2 aromatic heterocycles. The van der Waals surface area contributed by atoms with Gasteiger partial charge in [0.2, 0.25) is 11.7 Å². The Morgan fingerprint density at radius 2 is 2.07 bits per heavy atom. The zero-order chi connectivity index (χ0) is 19.6. The molecule has 1 fully saturated rings. The largest absolute Gasteiger partial charge is 0.477 e. The number of nitrogens with zero attached hydrogens (tertiary/aromatic N) is 4. The predicted molar refractivity (Wildman–Crippen MR) is 107 cm³/mol. The van der Waals surface area contributed by atoms with Gasteiger partial charge < -0.3 is 23.8 Å². The van der Waals surface area contributed by atoms with E-state index in [9.17, 15) is 4.79 Å². The SMILES string of the molecule is O=C(C1CN(Cc2nc(-c3ccsc3)no2)c2ccccc2O1)N1CCOCC1. The molecular weight excluding hydrogens is 392 g/mol. The van der Waals surface area contributed by atoms with Crippen LogP contribution in [0.2, 0.25) is 0 Å². The minimum absolute atomic E-state index is 0.0164. The molecule has 0 aliphatic carbocycles. The molecule has 4 heterocycles. The first kappa shape index (κ1) is 18.1. The highest BCUT2D eigenvalue weighted by molar-refractivity contribution is 7.08. The van der Waals surface area contributed by atoms with Gasteiger partial charge in [0.15, 0.2) is 6.10 Å². The summed E-state index contributed by atoms with van der Waals surface area (Å²) in [5.41, 5.74) is 1.85. The monoisotopic (exact) mass is 412 g/mol. The van der Waals surface area contributed by atoms with Gasteiger partial charge in [0.1, 0.15) is 5.75 Å². The number of amides is 1. The Hall–Kier alpha value is -2.91. The summed E-state index contributed by atoms with van der Waals surface area (Å²) in [5.74, 6) is 1.74. The number of rotatable bonds is 4. The van der Waals surface area contributed by atoms with Crippen LogP contribution in [0, 0.1) is 0 Å². The number of morpholine rings is 1. The summed E-state index contributed by atoms with van der Waals surface area (Å²) in [5, 5.41) is 8.04. The van der Waals surface area contributed by atoms with Crippen LogP contribution >= 0.6 is 11.3 Å². The summed E-state index contributed by atoms with van der Waals surface area (Å²) in [6, 6.07) is 9.66. The molecule has 0 bridgehead atoms. The number of hydrogen-bond donors (Lipinski definition) is 0. The Labute approximate surface area is 171 Å². The summed E-state index contributed by atoms with van der Waals surface area (Å²) >= 11 is 1.59. The van der Waals surface area contributed by atoms with Gasteiger partial charge >= 0.3 is 0 Å². The van der Waals surface area contributed by atoms with E-state index in [2.05, 4.69) is 15.0 Å². The van der Waals surface area contributed by atoms with E-state index < -0.39 is 6.10 Å². The van der Waals surface area contributed by atoms with E-state index in [0.717, 1.165) is 11.3 Å². The Morgan fingerprint density at radius 3 is 2.90 bits per heavy atom. The van der Waals surface area contributed by atoms with Crippen LogP contribution in [0.3, 0.4) is 0 Å². The van der Waals surface area contributed by atoms with Crippen LogP contribution in [0.4, 0.5) is 5.69 Å². The molecule has 8 nitrogen and oxygen atoms in total. The van der Waals surface area contributed by atoms with E-state index in [1.54, 1.807) is 11.3 Å². The highest BCUT2D eigenvalue weighted by atomic mass is 32.1. The molecule has 3 aromatic rings. The van der Waals surface area contributed by atoms with Gasteiger partial charge in [-0.2, -0.15) is 16.3 Å². The number of hydrogen-bond acceptors (Lipinski definition) is 8. The molecule has 5 rings (SSSR count). The molecule has 0 saturated carbocycles. The van der Waals surface area contributed by atoms with Gasteiger partial charge in [-0.1, -0.05) is 17.3 Å². The van der Waals surface area contributed by atoms with E-state index >= 15 is 0 Å². The molecule has 1 saturated heterocycles. The molecule has 2 aliphatic rings. The smallest absolute Gasteiger partial charge is 0.265 e. The second-order valence-electron chi connectivity index (χ2n) is 6.92. The van der Waals surface area contributed by atoms with Crippen molar-refractivity contribution < 1.29 is 18.8 Å². The molecule has 0 N–H and O–H groups in total. The van der Waals surface area contributed by atoms with Crippen molar-refractivity contribution >= 4 is 22.9 Å². The number of fused-ring (bicyclic) bond motifs is 1. The average molecular weight is 412 g/mol. The van der Waals surface area contributed by atoms with Crippen molar-refractivity contribution in [2.75, 3.05) is 37.7 Å². The number of anilines is 1. The number of carbonyl (C=O) groups is 1. The molecule has 1 amide bonds. The second-order valence-corrected chi connectivity index (χ2v) is 7.70. The minimum Gasteiger partial charge on any atom is -0.477 e. The third kappa shape index (κ3) is 3.70. The van der Waals surface area contributed by atoms with Gasteiger partial charge in [0.25, 0.3) is 5.91 Å². The predicted octanol–water partition coefficient (Wildman–Crippen LogP) is 2.42. The normalized spacial score (nSPS) is 19.0. The van der Waals surface area contributed by atoms with Crippen LogP contribution in [0.5, 0.6) is 5.75 Å². The van der Waals surface area contributed by atoms with E-state index in [-0.39, 0.29) is 5.91 Å². The Balaban J connectivity index is 1.37. The van der Waals surface area contributed by atoms with E-state index in [4.69, 9.17) is 14.0 Å². The van der Waals surface area contributed by atoms with Crippen LogP contribution < -0.4 is 9.64 Å². The molecule has 0 spiro atoms.